The first-order valence-electron chi connectivity index (χ1n) is 8.64. The summed E-state index contributed by atoms with van der Waals surface area (Å²) in [7, 11) is 3.76. The lowest BCUT2D eigenvalue weighted by Gasteiger charge is -2.28. The molecule has 27 heavy (non-hydrogen) atoms. The fraction of sp³-hybridized carbons (Fsp3) is 0.316. The highest BCUT2D eigenvalue weighted by molar-refractivity contribution is 6.30. The van der Waals surface area contributed by atoms with E-state index in [0.717, 1.165) is 18.7 Å². The fourth-order valence-corrected chi connectivity index (χ4v) is 2.75. The van der Waals surface area contributed by atoms with E-state index in [1.54, 1.807) is 24.4 Å². The van der Waals surface area contributed by atoms with Crippen LogP contribution in [-0.4, -0.2) is 56.3 Å². The van der Waals surface area contributed by atoms with Gasteiger partial charge in [0.15, 0.2) is 5.82 Å². The Labute approximate surface area is 163 Å². The van der Waals surface area contributed by atoms with Crippen LogP contribution in [0.15, 0.2) is 36.5 Å². The van der Waals surface area contributed by atoms with Crippen molar-refractivity contribution in [2.45, 2.75) is 0 Å². The minimum Gasteiger partial charge on any atom is -0.378 e. The summed E-state index contributed by atoms with van der Waals surface area (Å²) in [6, 6.07) is 7.25. The Morgan fingerprint density at radius 2 is 1.96 bits per heavy atom. The summed E-state index contributed by atoms with van der Waals surface area (Å²) in [6.45, 7) is 2.83. The number of aromatic nitrogens is 2. The molecule has 1 aliphatic rings. The van der Waals surface area contributed by atoms with Crippen LogP contribution < -0.4 is 15.1 Å². The third-order valence-corrected chi connectivity index (χ3v) is 4.28. The lowest BCUT2D eigenvalue weighted by Crippen LogP contribution is -2.37. The van der Waals surface area contributed by atoms with Gasteiger partial charge in [-0.15, -0.1) is 0 Å². The summed E-state index contributed by atoms with van der Waals surface area (Å²) in [5, 5.41) is 3.50. The number of hydrogen-bond acceptors (Lipinski definition) is 6. The van der Waals surface area contributed by atoms with E-state index in [4.69, 9.17) is 16.3 Å². The number of nitrogens with one attached hydrogen (secondary N) is 1. The maximum atomic E-state index is 12.3. The Morgan fingerprint density at radius 3 is 2.63 bits per heavy atom. The van der Waals surface area contributed by atoms with E-state index in [2.05, 4.69) is 20.2 Å². The van der Waals surface area contributed by atoms with Crippen LogP contribution in [-0.2, 0) is 9.53 Å². The highest BCUT2D eigenvalue weighted by Crippen LogP contribution is 2.24. The van der Waals surface area contributed by atoms with Crippen LogP contribution in [0.4, 0.5) is 17.5 Å². The van der Waals surface area contributed by atoms with Gasteiger partial charge in [0.05, 0.1) is 19.4 Å². The molecule has 2 aromatic rings. The number of rotatable bonds is 5. The van der Waals surface area contributed by atoms with Crippen molar-refractivity contribution >= 4 is 41.0 Å². The Morgan fingerprint density at radius 1 is 1.26 bits per heavy atom. The highest BCUT2D eigenvalue weighted by Gasteiger charge is 2.17. The molecule has 1 aromatic carbocycles. The normalized spacial score (nSPS) is 14.4. The van der Waals surface area contributed by atoms with Crippen molar-refractivity contribution in [2.24, 2.45) is 0 Å². The standard InChI is InChI=1S/C19H22ClN5O2/c1-24(2)18-16(13-21-19(23-18)25-9-11-27-12-10-25)22-17(26)8-5-14-3-6-15(20)7-4-14/h3-8,13H,9-12H2,1-2H3,(H,22,26)/b8-5+. The Bertz CT molecular complexity index is 817. The first-order valence-corrected chi connectivity index (χ1v) is 9.02. The van der Waals surface area contributed by atoms with E-state index in [1.165, 1.54) is 6.08 Å². The number of ether oxygens (including phenoxy) is 1. The number of halogens is 1. The van der Waals surface area contributed by atoms with Gasteiger partial charge in [-0.25, -0.2) is 4.98 Å². The van der Waals surface area contributed by atoms with Crippen molar-refractivity contribution < 1.29 is 9.53 Å². The summed E-state index contributed by atoms with van der Waals surface area (Å²) in [5.41, 5.74) is 1.45. The number of carbonyl (C=O) groups excluding carboxylic acids is 1. The van der Waals surface area contributed by atoms with E-state index < -0.39 is 0 Å². The maximum Gasteiger partial charge on any atom is 0.248 e. The zero-order chi connectivity index (χ0) is 19.2. The van der Waals surface area contributed by atoms with Crippen LogP contribution in [0, 0.1) is 0 Å². The lowest BCUT2D eigenvalue weighted by molar-refractivity contribution is -0.111. The van der Waals surface area contributed by atoms with Crippen LogP contribution in [0.3, 0.4) is 0 Å². The number of nitrogens with zero attached hydrogens (tertiary/aromatic N) is 4. The molecule has 0 radical (unpaired) electrons. The number of amides is 1. The number of anilines is 3. The molecular weight excluding hydrogens is 366 g/mol. The number of carbonyl (C=O) groups is 1. The largest absolute Gasteiger partial charge is 0.378 e. The zero-order valence-corrected chi connectivity index (χ0v) is 16.1. The van der Waals surface area contributed by atoms with E-state index in [1.807, 2.05) is 31.1 Å². The molecule has 1 aliphatic heterocycles. The van der Waals surface area contributed by atoms with Gasteiger partial charge in [0.25, 0.3) is 0 Å². The predicted molar refractivity (Wildman–Crippen MR) is 109 cm³/mol. The molecule has 1 amide bonds. The van der Waals surface area contributed by atoms with Gasteiger partial charge in [-0.2, -0.15) is 4.98 Å². The molecule has 3 rings (SSSR count). The zero-order valence-electron chi connectivity index (χ0n) is 15.4. The molecular formula is C19H22ClN5O2. The number of morpholine rings is 1. The molecule has 0 bridgehead atoms. The minimum absolute atomic E-state index is 0.254. The van der Waals surface area contributed by atoms with Crippen molar-refractivity contribution in [3.05, 3.63) is 47.1 Å². The van der Waals surface area contributed by atoms with Crippen molar-refractivity contribution in [3.8, 4) is 0 Å². The van der Waals surface area contributed by atoms with Crippen molar-refractivity contribution in [3.63, 3.8) is 0 Å². The van der Waals surface area contributed by atoms with Crippen molar-refractivity contribution in [1.82, 2.24) is 9.97 Å². The second-order valence-electron chi connectivity index (χ2n) is 6.28. The van der Waals surface area contributed by atoms with Gasteiger partial charge in [0, 0.05) is 38.3 Å². The second-order valence-corrected chi connectivity index (χ2v) is 6.71. The molecule has 0 unspecified atom stereocenters. The van der Waals surface area contributed by atoms with Crippen LogP contribution in [0.2, 0.25) is 5.02 Å². The summed E-state index contributed by atoms with van der Waals surface area (Å²) in [5.74, 6) is 1.03. The van der Waals surface area contributed by atoms with Crippen molar-refractivity contribution in [1.29, 1.82) is 0 Å². The maximum absolute atomic E-state index is 12.3. The monoisotopic (exact) mass is 387 g/mol. The SMILES string of the molecule is CN(C)c1nc(N2CCOCC2)ncc1NC(=O)/C=C/c1ccc(Cl)cc1. The Balaban J connectivity index is 1.72. The van der Waals surface area contributed by atoms with Crippen LogP contribution in [0.25, 0.3) is 6.08 Å². The van der Waals surface area contributed by atoms with Crippen LogP contribution >= 0.6 is 11.6 Å². The molecule has 1 N–H and O–H groups in total. The highest BCUT2D eigenvalue weighted by atomic mass is 35.5. The molecule has 1 saturated heterocycles. The number of benzene rings is 1. The molecule has 0 spiro atoms. The van der Waals surface area contributed by atoms with E-state index >= 15 is 0 Å². The summed E-state index contributed by atoms with van der Waals surface area (Å²) < 4.78 is 5.37. The van der Waals surface area contributed by atoms with Gasteiger partial charge in [-0.1, -0.05) is 23.7 Å². The van der Waals surface area contributed by atoms with E-state index in [9.17, 15) is 4.79 Å². The first kappa shape index (κ1) is 19.1. The van der Waals surface area contributed by atoms with Crippen molar-refractivity contribution in [2.75, 3.05) is 55.5 Å². The smallest absolute Gasteiger partial charge is 0.248 e. The third kappa shape index (κ3) is 5.18. The van der Waals surface area contributed by atoms with E-state index in [-0.39, 0.29) is 5.91 Å². The van der Waals surface area contributed by atoms with Gasteiger partial charge in [-0.3, -0.25) is 4.79 Å². The molecule has 0 atom stereocenters. The van der Waals surface area contributed by atoms with E-state index in [0.29, 0.717) is 35.7 Å². The lowest BCUT2D eigenvalue weighted by atomic mass is 10.2. The Kier molecular flexibility index (Phi) is 6.26. The minimum atomic E-state index is -0.254. The van der Waals surface area contributed by atoms with Gasteiger partial charge in [0.1, 0.15) is 5.69 Å². The van der Waals surface area contributed by atoms with Gasteiger partial charge in [0.2, 0.25) is 11.9 Å². The summed E-state index contributed by atoms with van der Waals surface area (Å²) in [6.07, 6.45) is 4.84. The third-order valence-electron chi connectivity index (χ3n) is 4.03. The quantitative estimate of drug-likeness (QED) is 0.795. The van der Waals surface area contributed by atoms with Gasteiger partial charge < -0.3 is 19.9 Å². The molecule has 8 heteroatoms. The average molecular weight is 388 g/mol. The average Bonchev–Trinajstić information content (AvgIpc) is 2.68. The number of hydrogen-bond donors (Lipinski definition) is 1. The molecule has 7 nitrogen and oxygen atoms in total. The van der Waals surface area contributed by atoms with Gasteiger partial charge in [-0.05, 0) is 23.8 Å². The fourth-order valence-electron chi connectivity index (χ4n) is 2.63. The molecule has 0 saturated carbocycles. The molecule has 2 heterocycles. The predicted octanol–water partition coefficient (Wildman–Crippen LogP) is 2.68. The van der Waals surface area contributed by atoms with Crippen LogP contribution in [0.1, 0.15) is 5.56 Å². The molecule has 1 aromatic heterocycles. The Hall–Kier alpha value is -2.64. The molecule has 0 aliphatic carbocycles. The van der Waals surface area contributed by atoms with Crippen LogP contribution in [0.5, 0.6) is 0 Å². The first-order chi connectivity index (χ1) is 13.0. The molecule has 1 fully saturated rings. The summed E-state index contributed by atoms with van der Waals surface area (Å²) in [4.78, 5) is 25.2. The summed E-state index contributed by atoms with van der Waals surface area (Å²) >= 11 is 5.87. The molecule has 142 valence electrons. The van der Waals surface area contributed by atoms with Gasteiger partial charge >= 0.3 is 0 Å². The topological polar surface area (TPSA) is 70.6 Å². The second kappa shape index (κ2) is 8.83.